The molecule has 0 radical (unpaired) electrons. The Hall–Kier alpha value is -2.31. The van der Waals surface area contributed by atoms with Crippen LogP contribution in [0.15, 0.2) is 42.9 Å². The number of rotatable bonds is 4. The molecule has 1 aliphatic rings. The number of likely N-dealkylation sites (N-methyl/N-ethyl adjacent to an activating group) is 1. The van der Waals surface area contributed by atoms with Gasteiger partial charge in [-0.1, -0.05) is 12.1 Å². The topological polar surface area (TPSA) is 61.4 Å². The lowest BCUT2D eigenvalue weighted by Gasteiger charge is -2.39. The molecule has 0 spiro atoms. The van der Waals surface area contributed by atoms with Crippen LogP contribution in [0.5, 0.6) is 0 Å². The highest BCUT2D eigenvalue weighted by molar-refractivity contribution is 5.94. The maximum atomic E-state index is 11.9. The SMILES string of the molecule is CNC(=O)c1cccc([C@@H]2CN(Cc3cnccn3)CCN2C)c1. The van der Waals surface area contributed by atoms with Crippen LogP contribution in [0.25, 0.3) is 0 Å². The zero-order valence-corrected chi connectivity index (χ0v) is 14.1. The van der Waals surface area contributed by atoms with Gasteiger partial charge in [-0.25, -0.2) is 0 Å². The van der Waals surface area contributed by atoms with E-state index in [9.17, 15) is 4.79 Å². The van der Waals surface area contributed by atoms with E-state index in [2.05, 4.69) is 38.2 Å². The number of nitrogens with zero attached hydrogens (tertiary/aromatic N) is 4. The molecule has 6 heteroatoms. The van der Waals surface area contributed by atoms with Gasteiger partial charge in [-0.2, -0.15) is 0 Å². The normalized spacial score (nSPS) is 19.2. The maximum absolute atomic E-state index is 11.9. The van der Waals surface area contributed by atoms with Gasteiger partial charge in [0.1, 0.15) is 0 Å². The highest BCUT2D eigenvalue weighted by Gasteiger charge is 2.26. The van der Waals surface area contributed by atoms with Gasteiger partial charge >= 0.3 is 0 Å². The molecule has 6 nitrogen and oxygen atoms in total. The molecule has 1 atom stereocenters. The summed E-state index contributed by atoms with van der Waals surface area (Å²) in [5.41, 5.74) is 2.86. The molecule has 1 N–H and O–H groups in total. The van der Waals surface area contributed by atoms with Crippen molar-refractivity contribution in [2.45, 2.75) is 12.6 Å². The van der Waals surface area contributed by atoms with E-state index in [4.69, 9.17) is 0 Å². The molecule has 3 rings (SSSR count). The third-order valence-electron chi connectivity index (χ3n) is 4.50. The summed E-state index contributed by atoms with van der Waals surface area (Å²) in [6.45, 7) is 3.69. The molecule has 1 aromatic heterocycles. The van der Waals surface area contributed by atoms with E-state index in [1.807, 2.05) is 24.4 Å². The number of carbonyl (C=O) groups excluding carboxylic acids is 1. The first kappa shape index (κ1) is 16.5. The number of aromatic nitrogens is 2. The molecular formula is C18H23N5O. The highest BCUT2D eigenvalue weighted by Crippen LogP contribution is 2.25. The van der Waals surface area contributed by atoms with Crippen molar-refractivity contribution >= 4 is 5.91 Å². The Balaban J connectivity index is 1.75. The fourth-order valence-corrected chi connectivity index (χ4v) is 3.11. The second-order valence-electron chi connectivity index (χ2n) is 6.13. The third-order valence-corrected chi connectivity index (χ3v) is 4.50. The number of amides is 1. The number of hydrogen-bond donors (Lipinski definition) is 1. The van der Waals surface area contributed by atoms with Gasteiger partial charge in [0.05, 0.1) is 5.69 Å². The van der Waals surface area contributed by atoms with E-state index in [1.165, 1.54) is 5.56 Å². The monoisotopic (exact) mass is 325 g/mol. The smallest absolute Gasteiger partial charge is 0.251 e. The van der Waals surface area contributed by atoms with Gasteiger partial charge in [0.2, 0.25) is 0 Å². The molecule has 1 aliphatic heterocycles. The van der Waals surface area contributed by atoms with Gasteiger partial charge in [-0.3, -0.25) is 24.6 Å². The largest absolute Gasteiger partial charge is 0.355 e. The quantitative estimate of drug-likeness (QED) is 0.919. The third kappa shape index (κ3) is 3.77. The van der Waals surface area contributed by atoms with E-state index in [0.717, 1.165) is 31.9 Å². The summed E-state index contributed by atoms with van der Waals surface area (Å²) >= 11 is 0. The zero-order valence-electron chi connectivity index (χ0n) is 14.1. The highest BCUT2D eigenvalue weighted by atomic mass is 16.1. The molecule has 1 aromatic carbocycles. The minimum atomic E-state index is -0.0493. The van der Waals surface area contributed by atoms with Crippen molar-refractivity contribution in [1.82, 2.24) is 25.1 Å². The van der Waals surface area contributed by atoms with Crippen LogP contribution in [0.1, 0.15) is 27.7 Å². The molecule has 1 amide bonds. The molecule has 0 bridgehead atoms. The van der Waals surface area contributed by atoms with E-state index in [1.54, 1.807) is 19.4 Å². The Labute approximate surface area is 142 Å². The van der Waals surface area contributed by atoms with Crippen molar-refractivity contribution in [3.8, 4) is 0 Å². The minimum absolute atomic E-state index is 0.0493. The van der Waals surface area contributed by atoms with Crippen LogP contribution >= 0.6 is 0 Å². The number of piperazine rings is 1. The molecular weight excluding hydrogens is 302 g/mol. The van der Waals surface area contributed by atoms with Gasteiger partial charge in [-0.15, -0.1) is 0 Å². The van der Waals surface area contributed by atoms with Crippen LogP contribution in [0.4, 0.5) is 0 Å². The van der Waals surface area contributed by atoms with Crippen LogP contribution < -0.4 is 5.32 Å². The Morgan fingerprint density at radius 3 is 2.96 bits per heavy atom. The summed E-state index contributed by atoms with van der Waals surface area (Å²) < 4.78 is 0. The summed E-state index contributed by atoms with van der Waals surface area (Å²) in [4.78, 5) is 25.1. The van der Waals surface area contributed by atoms with Crippen LogP contribution in [-0.2, 0) is 6.54 Å². The Morgan fingerprint density at radius 2 is 2.21 bits per heavy atom. The summed E-state index contributed by atoms with van der Waals surface area (Å²) in [5, 5.41) is 2.69. The van der Waals surface area contributed by atoms with Crippen molar-refractivity contribution in [1.29, 1.82) is 0 Å². The van der Waals surface area contributed by atoms with E-state index >= 15 is 0 Å². The number of nitrogens with one attached hydrogen (secondary N) is 1. The van der Waals surface area contributed by atoms with Crippen molar-refractivity contribution in [3.63, 3.8) is 0 Å². The lowest BCUT2D eigenvalue weighted by Crippen LogP contribution is -2.46. The average molecular weight is 325 g/mol. The van der Waals surface area contributed by atoms with Gasteiger partial charge in [-0.05, 0) is 24.7 Å². The molecule has 0 aliphatic carbocycles. The minimum Gasteiger partial charge on any atom is -0.355 e. The predicted molar refractivity (Wildman–Crippen MR) is 92.5 cm³/mol. The second kappa shape index (κ2) is 7.51. The first-order valence-corrected chi connectivity index (χ1v) is 8.17. The molecule has 2 aromatic rings. The zero-order chi connectivity index (χ0) is 16.9. The fraction of sp³-hybridized carbons (Fsp3) is 0.389. The second-order valence-corrected chi connectivity index (χ2v) is 6.13. The summed E-state index contributed by atoms with van der Waals surface area (Å²) in [7, 11) is 3.79. The molecule has 2 heterocycles. The number of carbonyl (C=O) groups is 1. The molecule has 0 saturated carbocycles. The van der Waals surface area contributed by atoms with Crippen LogP contribution in [0, 0.1) is 0 Å². The standard InChI is InChI=1S/C18H23N5O/c1-19-18(24)15-5-3-4-14(10-15)17-13-23(9-8-22(17)2)12-16-11-20-6-7-21-16/h3-7,10-11,17H,8-9,12-13H2,1-2H3,(H,19,24)/t17-/m0/s1. The van der Waals surface area contributed by atoms with E-state index in [-0.39, 0.29) is 11.9 Å². The predicted octanol–water partition coefficient (Wildman–Crippen LogP) is 1.32. The average Bonchev–Trinajstić information content (AvgIpc) is 2.63. The molecule has 1 fully saturated rings. The molecule has 24 heavy (non-hydrogen) atoms. The van der Waals surface area contributed by atoms with Crippen LogP contribution in [-0.4, -0.2) is 59.4 Å². The maximum Gasteiger partial charge on any atom is 0.251 e. The van der Waals surface area contributed by atoms with Crippen molar-refractivity contribution in [3.05, 3.63) is 59.7 Å². The molecule has 0 unspecified atom stereocenters. The van der Waals surface area contributed by atoms with E-state index < -0.39 is 0 Å². The van der Waals surface area contributed by atoms with Crippen molar-refractivity contribution in [2.75, 3.05) is 33.7 Å². The molecule has 126 valence electrons. The summed E-state index contributed by atoms with van der Waals surface area (Å²) in [6.07, 6.45) is 5.25. The summed E-state index contributed by atoms with van der Waals surface area (Å²) in [5.74, 6) is -0.0493. The first-order valence-electron chi connectivity index (χ1n) is 8.17. The Kier molecular flexibility index (Phi) is 5.17. The molecule has 1 saturated heterocycles. The van der Waals surface area contributed by atoms with Gasteiger partial charge in [0.15, 0.2) is 0 Å². The van der Waals surface area contributed by atoms with Gasteiger partial charge < -0.3 is 5.32 Å². The fourth-order valence-electron chi connectivity index (χ4n) is 3.11. The van der Waals surface area contributed by atoms with Gasteiger partial charge in [0.25, 0.3) is 5.91 Å². The van der Waals surface area contributed by atoms with Crippen LogP contribution in [0.3, 0.4) is 0 Å². The Bertz CT molecular complexity index is 691. The number of benzene rings is 1. The van der Waals surface area contributed by atoms with Crippen molar-refractivity contribution < 1.29 is 4.79 Å². The Morgan fingerprint density at radius 1 is 1.33 bits per heavy atom. The van der Waals surface area contributed by atoms with Crippen molar-refractivity contribution in [2.24, 2.45) is 0 Å². The van der Waals surface area contributed by atoms with Gasteiger partial charge in [0, 0.05) is 63.4 Å². The van der Waals surface area contributed by atoms with Crippen LogP contribution in [0.2, 0.25) is 0 Å². The van der Waals surface area contributed by atoms with E-state index in [0.29, 0.717) is 5.56 Å². The first-order chi connectivity index (χ1) is 11.7. The lowest BCUT2D eigenvalue weighted by molar-refractivity contribution is 0.0892. The summed E-state index contributed by atoms with van der Waals surface area (Å²) in [6, 6.07) is 8.16. The lowest BCUT2D eigenvalue weighted by atomic mass is 10.00. The number of hydrogen-bond acceptors (Lipinski definition) is 5.